The highest BCUT2D eigenvalue weighted by molar-refractivity contribution is 6.07. The van der Waals surface area contributed by atoms with Gasteiger partial charge in [-0.3, -0.25) is 14.9 Å². The first-order valence-electron chi connectivity index (χ1n) is 8.65. The van der Waals surface area contributed by atoms with E-state index in [1.165, 1.54) is 38.3 Å². The first-order valence-corrected chi connectivity index (χ1v) is 8.65. The average Bonchev–Trinajstić information content (AvgIpc) is 2.72. The third kappa shape index (κ3) is 6.23. The van der Waals surface area contributed by atoms with Crippen molar-refractivity contribution in [1.82, 2.24) is 0 Å². The number of allylic oxidation sites excluding steroid dienone is 1. The number of ketones is 1. The van der Waals surface area contributed by atoms with Crippen molar-refractivity contribution in [2.24, 2.45) is 0 Å². The number of benzene rings is 2. The number of carbonyl (C=O) groups is 2. The maximum atomic E-state index is 12.5. The van der Waals surface area contributed by atoms with E-state index < -0.39 is 40.8 Å². The van der Waals surface area contributed by atoms with Crippen molar-refractivity contribution in [3.05, 3.63) is 63.7 Å². The molecule has 0 radical (unpaired) electrons. The van der Waals surface area contributed by atoms with Crippen LogP contribution in [0.1, 0.15) is 22.8 Å². The van der Waals surface area contributed by atoms with Gasteiger partial charge < -0.3 is 19.3 Å². The number of carboxylic acid groups (broad SMARTS) is 1. The minimum absolute atomic E-state index is 0.0629. The van der Waals surface area contributed by atoms with Crippen LogP contribution in [0.3, 0.4) is 0 Å². The molecule has 31 heavy (non-hydrogen) atoms. The molecular weight excluding hydrogens is 420 g/mol. The molecule has 0 saturated carbocycles. The van der Waals surface area contributed by atoms with Crippen molar-refractivity contribution in [2.45, 2.75) is 19.6 Å². The van der Waals surface area contributed by atoms with Crippen LogP contribution >= 0.6 is 0 Å². The van der Waals surface area contributed by atoms with Crippen LogP contribution in [0.5, 0.6) is 17.2 Å². The largest absolute Gasteiger partial charge is 0.493 e. The molecule has 9 nitrogen and oxygen atoms in total. The first kappa shape index (κ1) is 23.3. The summed E-state index contributed by atoms with van der Waals surface area (Å²) >= 11 is 0. The standard InChI is InChI=1S/C20H17F2NO8/c1-11(19(25)26)30-14-6-3-12(4-7-14)16(24)8-5-13-9-17(29-2)18(31-20(21)22)10-15(13)23(27)28/h3-11,20H,1-2H3,(H,25,26)/b8-5+. The van der Waals surface area contributed by atoms with E-state index in [0.717, 1.165) is 24.3 Å². The van der Waals surface area contributed by atoms with Gasteiger partial charge in [-0.2, -0.15) is 8.78 Å². The molecule has 1 atom stereocenters. The molecule has 0 amide bonds. The van der Waals surface area contributed by atoms with E-state index in [4.69, 9.17) is 14.6 Å². The van der Waals surface area contributed by atoms with Crippen LogP contribution in [0.4, 0.5) is 14.5 Å². The fraction of sp³-hybridized carbons (Fsp3) is 0.200. The Labute approximate surface area is 174 Å². The monoisotopic (exact) mass is 437 g/mol. The fourth-order valence-corrected chi connectivity index (χ4v) is 2.42. The highest BCUT2D eigenvalue weighted by Gasteiger charge is 2.20. The van der Waals surface area contributed by atoms with Crippen molar-refractivity contribution in [3.8, 4) is 17.2 Å². The van der Waals surface area contributed by atoms with E-state index in [0.29, 0.717) is 0 Å². The molecule has 1 N–H and O–H groups in total. The second-order valence-electron chi connectivity index (χ2n) is 6.02. The molecule has 1 unspecified atom stereocenters. The van der Waals surface area contributed by atoms with Crippen LogP contribution in [0.25, 0.3) is 6.08 Å². The van der Waals surface area contributed by atoms with Gasteiger partial charge in [-0.05, 0) is 49.4 Å². The smallest absolute Gasteiger partial charge is 0.387 e. The molecule has 0 saturated heterocycles. The quantitative estimate of drug-likeness (QED) is 0.256. The number of ether oxygens (including phenoxy) is 3. The van der Waals surface area contributed by atoms with Gasteiger partial charge in [-0.25, -0.2) is 4.79 Å². The molecule has 2 aromatic rings. The normalized spacial score (nSPS) is 11.9. The first-order chi connectivity index (χ1) is 14.6. The molecule has 2 rings (SSSR count). The molecule has 0 bridgehead atoms. The zero-order valence-electron chi connectivity index (χ0n) is 16.3. The summed E-state index contributed by atoms with van der Waals surface area (Å²) in [5.74, 6) is -2.11. The van der Waals surface area contributed by atoms with Gasteiger partial charge in [0.15, 0.2) is 23.4 Å². The predicted molar refractivity (Wildman–Crippen MR) is 104 cm³/mol. The zero-order chi connectivity index (χ0) is 23.1. The van der Waals surface area contributed by atoms with Crippen LogP contribution in [0, 0.1) is 10.1 Å². The van der Waals surface area contributed by atoms with Gasteiger partial charge >= 0.3 is 12.6 Å². The van der Waals surface area contributed by atoms with E-state index in [9.17, 15) is 28.5 Å². The van der Waals surface area contributed by atoms with Gasteiger partial charge in [0.1, 0.15) is 5.75 Å². The summed E-state index contributed by atoms with van der Waals surface area (Å²) in [6, 6.07) is 7.48. The zero-order valence-corrected chi connectivity index (χ0v) is 16.3. The van der Waals surface area contributed by atoms with Crippen LogP contribution in [-0.2, 0) is 4.79 Å². The van der Waals surface area contributed by atoms with E-state index >= 15 is 0 Å². The number of nitro groups is 1. The number of carbonyl (C=O) groups excluding carboxylic acids is 1. The van der Waals surface area contributed by atoms with Gasteiger partial charge in [0.25, 0.3) is 5.69 Å². The minimum atomic E-state index is -3.21. The van der Waals surface area contributed by atoms with Gasteiger partial charge in [0.2, 0.25) is 0 Å². The Morgan fingerprint density at radius 2 is 1.77 bits per heavy atom. The Morgan fingerprint density at radius 3 is 2.29 bits per heavy atom. The lowest BCUT2D eigenvalue weighted by molar-refractivity contribution is -0.385. The number of carboxylic acids is 1. The summed E-state index contributed by atoms with van der Waals surface area (Å²) < 4.78 is 39.3. The van der Waals surface area contributed by atoms with Crippen molar-refractivity contribution >= 4 is 23.5 Å². The Kier molecular flexibility index (Phi) is 7.61. The Hall–Kier alpha value is -4.02. The van der Waals surface area contributed by atoms with E-state index in [1.54, 1.807) is 0 Å². The number of nitrogens with zero attached hydrogens (tertiary/aromatic N) is 1. The molecule has 11 heteroatoms. The molecule has 0 aliphatic carbocycles. The second kappa shape index (κ2) is 10.1. The summed E-state index contributed by atoms with van der Waals surface area (Å²) in [6.45, 7) is -1.86. The molecule has 164 valence electrons. The lowest BCUT2D eigenvalue weighted by atomic mass is 10.1. The van der Waals surface area contributed by atoms with Crippen LogP contribution < -0.4 is 14.2 Å². The van der Waals surface area contributed by atoms with E-state index in [2.05, 4.69) is 4.74 Å². The van der Waals surface area contributed by atoms with Gasteiger partial charge in [0.05, 0.1) is 23.7 Å². The summed E-state index contributed by atoms with van der Waals surface area (Å²) in [5, 5.41) is 20.1. The molecule has 0 aliphatic rings. The van der Waals surface area contributed by atoms with Crippen molar-refractivity contribution < 1.29 is 42.6 Å². The van der Waals surface area contributed by atoms with Crippen LogP contribution in [-0.4, -0.2) is 41.6 Å². The SMILES string of the molecule is COc1cc(/C=C/C(=O)c2ccc(OC(C)C(=O)O)cc2)c([N+](=O)[O-])cc1OC(F)F. The minimum Gasteiger partial charge on any atom is -0.493 e. The number of halogens is 2. The maximum absolute atomic E-state index is 12.5. The molecule has 0 aliphatic heterocycles. The van der Waals surface area contributed by atoms with E-state index in [1.807, 2.05) is 0 Å². The average molecular weight is 437 g/mol. The maximum Gasteiger partial charge on any atom is 0.387 e. The number of hydrogen-bond acceptors (Lipinski definition) is 7. The fourth-order valence-electron chi connectivity index (χ4n) is 2.42. The topological polar surface area (TPSA) is 125 Å². The number of alkyl halides is 2. The lowest BCUT2D eigenvalue weighted by Crippen LogP contribution is -2.22. The van der Waals surface area contributed by atoms with Crippen LogP contribution in [0.15, 0.2) is 42.5 Å². The van der Waals surface area contributed by atoms with Gasteiger partial charge in [-0.1, -0.05) is 0 Å². The Morgan fingerprint density at radius 1 is 1.13 bits per heavy atom. The van der Waals surface area contributed by atoms with E-state index in [-0.39, 0.29) is 22.6 Å². The number of hydrogen-bond donors (Lipinski definition) is 1. The number of aliphatic carboxylic acids is 1. The molecule has 0 spiro atoms. The van der Waals surface area contributed by atoms with Crippen molar-refractivity contribution in [1.29, 1.82) is 0 Å². The molecule has 0 aromatic heterocycles. The van der Waals surface area contributed by atoms with Gasteiger partial charge in [-0.15, -0.1) is 0 Å². The Balaban J connectivity index is 2.26. The predicted octanol–water partition coefficient (Wildman–Crippen LogP) is 3.95. The van der Waals surface area contributed by atoms with Crippen LogP contribution in [0.2, 0.25) is 0 Å². The summed E-state index contributed by atoms with van der Waals surface area (Å²) in [5.41, 5.74) is -0.419. The molecule has 0 heterocycles. The summed E-state index contributed by atoms with van der Waals surface area (Å²) in [7, 11) is 1.17. The third-order valence-corrected chi connectivity index (χ3v) is 3.94. The highest BCUT2D eigenvalue weighted by atomic mass is 19.3. The number of rotatable bonds is 10. The summed E-state index contributed by atoms with van der Waals surface area (Å²) in [6.07, 6.45) is 1.13. The number of methoxy groups -OCH3 is 1. The highest BCUT2D eigenvalue weighted by Crippen LogP contribution is 2.36. The molecule has 2 aromatic carbocycles. The lowest BCUT2D eigenvalue weighted by Gasteiger charge is -2.11. The molecular formula is C20H17F2NO8. The second-order valence-corrected chi connectivity index (χ2v) is 6.02. The van der Waals surface area contributed by atoms with Crippen molar-refractivity contribution in [2.75, 3.05) is 7.11 Å². The van der Waals surface area contributed by atoms with Crippen molar-refractivity contribution in [3.63, 3.8) is 0 Å². The van der Waals surface area contributed by atoms with Gasteiger partial charge in [0, 0.05) is 5.56 Å². The third-order valence-electron chi connectivity index (χ3n) is 3.94. The Bertz CT molecular complexity index is 1000. The number of nitro benzene ring substituents is 1. The summed E-state index contributed by atoms with van der Waals surface area (Å²) in [4.78, 5) is 33.7. The molecule has 0 fully saturated rings.